The molecule has 0 unspecified atom stereocenters. The molecule has 0 heterocycles. The summed E-state index contributed by atoms with van der Waals surface area (Å²) in [7, 11) is -2.70. The minimum absolute atomic E-state index is 0.0176. The monoisotopic (exact) mass is 605 g/mol. The van der Waals surface area contributed by atoms with Gasteiger partial charge in [-0.15, -0.1) is 0 Å². The van der Waals surface area contributed by atoms with Gasteiger partial charge in [0.05, 0.1) is 17.7 Å². The van der Waals surface area contributed by atoms with Crippen LogP contribution in [0.1, 0.15) is 32.3 Å². The van der Waals surface area contributed by atoms with Gasteiger partial charge in [-0.3, -0.25) is 13.9 Å². The van der Waals surface area contributed by atoms with Crippen molar-refractivity contribution in [1.82, 2.24) is 10.2 Å². The highest BCUT2D eigenvalue weighted by Gasteiger charge is 2.33. The van der Waals surface area contributed by atoms with Crippen molar-refractivity contribution in [1.29, 1.82) is 0 Å². The molecule has 1 atom stereocenters. The molecule has 1 N–H and O–H groups in total. The summed E-state index contributed by atoms with van der Waals surface area (Å²) >= 11 is 12.8. The molecular weight excluding hydrogens is 573 g/mol. The number of ether oxygens (including phenoxy) is 1. The molecule has 3 aromatic rings. The summed E-state index contributed by atoms with van der Waals surface area (Å²) in [6.07, 6.45) is 1.67. The van der Waals surface area contributed by atoms with E-state index in [2.05, 4.69) is 5.32 Å². The number of anilines is 1. The number of para-hydroxylation sites is 1. The third-order valence-corrected chi connectivity index (χ3v) is 8.85. The zero-order valence-electron chi connectivity index (χ0n) is 22.6. The van der Waals surface area contributed by atoms with E-state index in [1.54, 1.807) is 55.5 Å². The zero-order chi connectivity index (χ0) is 29.3. The first-order chi connectivity index (χ1) is 19.1. The summed E-state index contributed by atoms with van der Waals surface area (Å²) in [5.74, 6) is -0.476. The molecule has 40 heavy (non-hydrogen) atoms. The van der Waals surface area contributed by atoms with Crippen molar-refractivity contribution < 1.29 is 22.7 Å². The molecule has 8 nitrogen and oxygen atoms in total. The standard InChI is InChI=1S/C29H33Cl2N3O5S/c1-4-5-18-32-29(36)21(2)33(19-25-26(30)12-9-13-27(25)31)28(35)20-34(22-10-7-6-8-11-22)40(37,38)24-16-14-23(39-3)15-17-24/h6-17,21H,4-5,18-20H2,1-3H3,(H,32,36)/t21-/m0/s1. The van der Waals surface area contributed by atoms with Crippen LogP contribution in [0.3, 0.4) is 0 Å². The van der Waals surface area contributed by atoms with E-state index >= 15 is 0 Å². The Bertz CT molecular complexity index is 1380. The van der Waals surface area contributed by atoms with Gasteiger partial charge in [-0.25, -0.2) is 8.42 Å². The van der Waals surface area contributed by atoms with Crippen molar-refractivity contribution in [3.63, 3.8) is 0 Å². The van der Waals surface area contributed by atoms with E-state index < -0.39 is 28.5 Å². The van der Waals surface area contributed by atoms with E-state index in [4.69, 9.17) is 27.9 Å². The lowest BCUT2D eigenvalue weighted by Crippen LogP contribution is -2.51. The average molecular weight is 607 g/mol. The molecule has 2 amide bonds. The second-order valence-electron chi connectivity index (χ2n) is 9.07. The first-order valence-corrected chi connectivity index (χ1v) is 15.0. The van der Waals surface area contributed by atoms with E-state index in [1.165, 1.54) is 36.3 Å². The molecule has 214 valence electrons. The normalized spacial score (nSPS) is 11.9. The van der Waals surface area contributed by atoms with Crippen LogP contribution >= 0.6 is 23.2 Å². The molecule has 0 radical (unpaired) electrons. The third kappa shape index (κ3) is 7.68. The zero-order valence-corrected chi connectivity index (χ0v) is 25.0. The fraction of sp³-hybridized carbons (Fsp3) is 0.310. The van der Waals surface area contributed by atoms with Crippen LogP contribution in [0.5, 0.6) is 5.75 Å². The van der Waals surface area contributed by atoms with Crippen molar-refractivity contribution in [3.05, 3.63) is 88.4 Å². The maximum absolute atomic E-state index is 13.9. The maximum atomic E-state index is 13.9. The van der Waals surface area contributed by atoms with Crippen molar-refractivity contribution >= 4 is 50.7 Å². The molecule has 0 aliphatic rings. The Kier molecular flexibility index (Phi) is 11.2. The number of unbranched alkanes of at least 4 members (excludes halogenated alkanes) is 1. The van der Waals surface area contributed by atoms with Crippen LogP contribution in [0.2, 0.25) is 10.0 Å². The highest BCUT2D eigenvalue weighted by Crippen LogP contribution is 2.28. The largest absolute Gasteiger partial charge is 0.497 e. The Hall–Kier alpha value is -3.27. The minimum Gasteiger partial charge on any atom is -0.497 e. The van der Waals surface area contributed by atoms with E-state index in [1.807, 2.05) is 6.92 Å². The maximum Gasteiger partial charge on any atom is 0.264 e. The lowest BCUT2D eigenvalue weighted by molar-refractivity contribution is -0.139. The van der Waals surface area contributed by atoms with Gasteiger partial charge in [0.2, 0.25) is 11.8 Å². The Morgan fingerprint density at radius 3 is 2.15 bits per heavy atom. The van der Waals surface area contributed by atoms with Gasteiger partial charge in [0, 0.05) is 28.7 Å². The van der Waals surface area contributed by atoms with Gasteiger partial charge in [-0.1, -0.05) is 60.8 Å². The van der Waals surface area contributed by atoms with Gasteiger partial charge < -0.3 is 15.0 Å². The lowest BCUT2D eigenvalue weighted by atomic mass is 10.1. The fourth-order valence-corrected chi connectivity index (χ4v) is 5.90. The van der Waals surface area contributed by atoms with Crippen LogP contribution in [-0.4, -0.2) is 51.4 Å². The van der Waals surface area contributed by atoms with Crippen LogP contribution in [0.15, 0.2) is 77.7 Å². The highest BCUT2D eigenvalue weighted by molar-refractivity contribution is 7.92. The van der Waals surface area contributed by atoms with Crippen LogP contribution < -0.4 is 14.4 Å². The van der Waals surface area contributed by atoms with Crippen molar-refractivity contribution in [3.8, 4) is 5.75 Å². The molecule has 0 aliphatic heterocycles. The first-order valence-electron chi connectivity index (χ1n) is 12.8. The predicted octanol–water partition coefficient (Wildman–Crippen LogP) is 5.53. The number of sulfonamides is 1. The number of benzene rings is 3. The fourth-order valence-electron chi connectivity index (χ4n) is 3.97. The topological polar surface area (TPSA) is 96.0 Å². The number of nitrogens with one attached hydrogen (secondary N) is 1. The van der Waals surface area contributed by atoms with Crippen molar-refractivity contribution in [2.75, 3.05) is 24.5 Å². The van der Waals surface area contributed by atoms with Gasteiger partial charge in [0.15, 0.2) is 0 Å². The van der Waals surface area contributed by atoms with Crippen molar-refractivity contribution in [2.24, 2.45) is 0 Å². The molecule has 0 saturated carbocycles. The number of hydrogen-bond acceptors (Lipinski definition) is 5. The summed E-state index contributed by atoms with van der Waals surface area (Å²) in [5, 5.41) is 3.50. The van der Waals surface area contributed by atoms with E-state index in [9.17, 15) is 18.0 Å². The second-order valence-corrected chi connectivity index (χ2v) is 11.7. The number of carbonyl (C=O) groups excluding carboxylic acids is 2. The molecule has 0 aromatic heterocycles. The molecule has 3 aromatic carbocycles. The molecule has 11 heteroatoms. The summed E-state index contributed by atoms with van der Waals surface area (Å²) in [5.41, 5.74) is 0.749. The summed E-state index contributed by atoms with van der Waals surface area (Å²) in [6.45, 7) is 3.40. The van der Waals surface area contributed by atoms with Crippen LogP contribution in [0.4, 0.5) is 5.69 Å². The number of halogens is 2. The Balaban J connectivity index is 2.01. The molecule has 0 saturated heterocycles. The third-order valence-electron chi connectivity index (χ3n) is 6.36. The Morgan fingerprint density at radius 2 is 1.57 bits per heavy atom. The molecule has 0 spiro atoms. The van der Waals surface area contributed by atoms with Gasteiger partial charge >= 0.3 is 0 Å². The first kappa shape index (κ1) is 31.3. The smallest absolute Gasteiger partial charge is 0.264 e. The SMILES string of the molecule is CCCCNC(=O)[C@H](C)N(Cc1c(Cl)cccc1Cl)C(=O)CN(c1ccccc1)S(=O)(=O)c1ccc(OC)cc1. The summed E-state index contributed by atoms with van der Waals surface area (Å²) in [4.78, 5) is 28.3. The van der Waals surface area contributed by atoms with Crippen LogP contribution in [0, 0.1) is 0 Å². The van der Waals surface area contributed by atoms with Gasteiger partial charge in [0.25, 0.3) is 10.0 Å². The second kappa shape index (κ2) is 14.4. The van der Waals surface area contributed by atoms with Crippen LogP contribution in [0.25, 0.3) is 0 Å². The number of methoxy groups -OCH3 is 1. The number of amides is 2. The summed E-state index contributed by atoms with van der Waals surface area (Å²) < 4.78 is 33.8. The molecule has 0 aliphatic carbocycles. The molecule has 0 bridgehead atoms. The molecule has 0 fully saturated rings. The predicted molar refractivity (Wildman–Crippen MR) is 158 cm³/mol. The average Bonchev–Trinajstić information content (AvgIpc) is 2.95. The highest BCUT2D eigenvalue weighted by atomic mass is 35.5. The lowest BCUT2D eigenvalue weighted by Gasteiger charge is -2.32. The van der Waals surface area contributed by atoms with Crippen LogP contribution in [-0.2, 0) is 26.2 Å². The van der Waals surface area contributed by atoms with Gasteiger partial charge in [-0.2, -0.15) is 0 Å². The Labute approximate surface area is 245 Å². The number of carbonyl (C=O) groups is 2. The number of nitrogens with zero attached hydrogens (tertiary/aromatic N) is 2. The van der Waals surface area contributed by atoms with Gasteiger partial charge in [-0.05, 0) is 61.9 Å². The molecule has 3 rings (SSSR count). The van der Waals surface area contributed by atoms with E-state index in [-0.39, 0.29) is 17.3 Å². The summed E-state index contributed by atoms with van der Waals surface area (Å²) in [6, 6.07) is 18.2. The van der Waals surface area contributed by atoms with Crippen molar-refractivity contribution in [2.45, 2.75) is 44.2 Å². The van der Waals surface area contributed by atoms with E-state index in [0.29, 0.717) is 33.6 Å². The van der Waals surface area contributed by atoms with E-state index in [0.717, 1.165) is 17.1 Å². The van der Waals surface area contributed by atoms with Gasteiger partial charge in [0.1, 0.15) is 18.3 Å². The number of rotatable bonds is 13. The number of hydrogen-bond donors (Lipinski definition) is 1. The Morgan fingerprint density at radius 1 is 0.950 bits per heavy atom. The quantitative estimate of drug-likeness (QED) is 0.258. The molecular formula is C29H33Cl2N3O5S. The minimum atomic E-state index is -4.18.